The third-order valence-corrected chi connectivity index (χ3v) is 3.30. The van der Waals surface area contributed by atoms with Gasteiger partial charge in [0.05, 0.1) is 5.41 Å². The number of ether oxygens (including phenoxy) is 1. The predicted octanol–water partition coefficient (Wildman–Crippen LogP) is 5.01. The first-order valence-electron chi connectivity index (χ1n) is 6.41. The van der Waals surface area contributed by atoms with Crippen molar-refractivity contribution in [3.63, 3.8) is 0 Å². The van der Waals surface area contributed by atoms with Crippen molar-refractivity contribution in [1.29, 1.82) is 0 Å². The van der Waals surface area contributed by atoms with Gasteiger partial charge in [0.25, 0.3) is 0 Å². The minimum atomic E-state index is -0.616. The van der Waals surface area contributed by atoms with Gasteiger partial charge in [-0.05, 0) is 44.5 Å². The lowest BCUT2D eigenvalue weighted by Gasteiger charge is -2.17. The van der Waals surface area contributed by atoms with E-state index >= 15 is 0 Å². The Labute approximate surface area is 133 Å². The van der Waals surface area contributed by atoms with Crippen LogP contribution >= 0.6 is 23.2 Å². The minimum Gasteiger partial charge on any atom is -0.423 e. The maximum atomic E-state index is 12.0. The molecule has 3 nitrogen and oxygen atoms in total. The summed E-state index contributed by atoms with van der Waals surface area (Å²) in [5, 5.41) is 0.772. The fraction of sp³-hybridized carbons (Fsp3) is 0.250. The van der Waals surface area contributed by atoms with Crippen LogP contribution < -0.4 is 4.74 Å². The molecule has 21 heavy (non-hydrogen) atoms. The number of hydrogen-bond donors (Lipinski definition) is 0. The Bertz CT molecular complexity index is 678. The molecule has 2 aromatic rings. The van der Waals surface area contributed by atoms with Gasteiger partial charge in [0.2, 0.25) is 0 Å². The summed E-state index contributed by atoms with van der Waals surface area (Å²) in [4.78, 5) is 16.0. The topological polar surface area (TPSA) is 39.2 Å². The molecule has 0 fully saturated rings. The molecule has 0 saturated carbocycles. The van der Waals surface area contributed by atoms with Crippen molar-refractivity contribution in [2.75, 3.05) is 0 Å². The van der Waals surface area contributed by atoms with Crippen molar-refractivity contribution in [3.05, 3.63) is 46.7 Å². The molecule has 110 valence electrons. The second kappa shape index (κ2) is 6.04. The molecule has 0 spiro atoms. The fourth-order valence-electron chi connectivity index (χ4n) is 1.58. The van der Waals surface area contributed by atoms with Crippen LogP contribution in [0.2, 0.25) is 10.2 Å². The summed E-state index contributed by atoms with van der Waals surface area (Å²) in [6.45, 7) is 5.33. The number of nitrogens with zero attached hydrogens (tertiary/aromatic N) is 1. The Morgan fingerprint density at radius 1 is 1.14 bits per heavy atom. The number of halogens is 2. The zero-order chi connectivity index (χ0) is 15.6. The molecule has 0 unspecified atom stereocenters. The maximum absolute atomic E-state index is 12.0. The molecule has 0 saturated heterocycles. The summed E-state index contributed by atoms with van der Waals surface area (Å²) < 4.78 is 5.34. The smallest absolute Gasteiger partial charge is 0.316 e. The van der Waals surface area contributed by atoms with Crippen molar-refractivity contribution < 1.29 is 9.53 Å². The summed E-state index contributed by atoms with van der Waals surface area (Å²) in [7, 11) is 0. The van der Waals surface area contributed by atoms with Crippen LogP contribution in [0.3, 0.4) is 0 Å². The molecule has 0 aliphatic rings. The second-order valence-corrected chi connectivity index (χ2v) is 6.46. The first kappa shape index (κ1) is 15.8. The van der Waals surface area contributed by atoms with E-state index in [0.717, 1.165) is 11.1 Å². The van der Waals surface area contributed by atoms with Gasteiger partial charge < -0.3 is 4.74 Å². The van der Waals surface area contributed by atoms with E-state index < -0.39 is 5.41 Å². The van der Waals surface area contributed by atoms with Crippen LogP contribution in [0.5, 0.6) is 5.75 Å². The van der Waals surface area contributed by atoms with Gasteiger partial charge in [-0.2, -0.15) is 0 Å². The van der Waals surface area contributed by atoms with Crippen LogP contribution in [0.4, 0.5) is 0 Å². The molecule has 1 heterocycles. The summed E-state index contributed by atoms with van der Waals surface area (Å²) in [5.74, 6) is -0.122. The molecule has 0 atom stereocenters. The molecule has 0 N–H and O–H groups in total. The first-order valence-corrected chi connectivity index (χ1v) is 7.17. The number of esters is 1. The molecule has 0 radical (unpaired) electrons. The highest BCUT2D eigenvalue weighted by molar-refractivity contribution is 6.31. The number of benzene rings is 1. The largest absolute Gasteiger partial charge is 0.423 e. The Balaban J connectivity index is 2.36. The number of pyridine rings is 1. The van der Waals surface area contributed by atoms with Crippen LogP contribution in [0.25, 0.3) is 11.1 Å². The Morgan fingerprint density at radius 3 is 2.48 bits per heavy atom. The lowest BCUT2D eigenvalue weighted by atomic mass is 9.97. The monoisotopic (exact) mass is 323 g/mol. The minimum absolute atomic E-state index is 0.151. The molecule has 0 amide bonds. The zero-order valence-electron chi connectivity index (χ0n) is 12.0. The lowest BCUT2D eigenvalue weighted by molar-refractivity contribution is -0.143. The van der Waals surface area contributed by atoms with Gasteiger partial charge in [0.15, 0.2) is 10.9 Å². The van der Waals surface area contributed by atoms with E-state index in [-0.39, 0.29) is 16.9 Å². The summed E-state index contributed by atoms with van der Waals surface area (Å²) >= 11 is 12.0. The third kappa shape index (κ3) is 3.96. The quantitative estimate of drug-likeness (QED) is 0.576. The van der Waals surface area contributed by atoms with Crippen molar-refractivity contribution in [2.45, 2.75) is 20.8 Å². The van der Waals surface area contributed by atoms with Crippen LogP contribution in [-0.4, -0.2) is 11.0 Å². The molecular formula is C16H15Cl2NO2. The highest BCUT2D eigenvalue weighted by atomic mass is 35.5. The average Bonchev–Trinajstić information content (AvgIpc) is 2.40. The van der Waals surface area contributed by atoms with Gasteiger partial charge in [-0.25, -0.2) is 4.98 Å². The normalized spacial score (nSPS) is 11.3. The predicted molar refractivity (Wildman–Crippen MR) is 84.8 cm³/mol. The van der Waals surface area contributed by atoms with Crippen molar-refractivity contribution in [2.24, 2.45) is 5.41 Å². The van der Waals surface area contributed by atoms with Crippen molar-refractivity contribution in [3.8, 4) is 16.9 Å². The SMILES string of the molecule is CC(C)(C)C(=O)Oc1cc(-c2cccc(Cl)c2)cnc1Cl. The number of aromatic nitrogens is 1. The van der Waals surface area contributed by atoms with E-state index in [0.29, 0.717) is 5.02 Å². The van der Waals surface area contributed by atoms with Gasteiger partial charge in [-0.3, -0.25) is 4.79 Å². The first-order chi connectivity index (χ1) is 9.77. The molecule has 1 aromatic heterocycles. The van der Waals surface area contributed by atoms with E-state index in [1.165, 1.54) is 0 Å². The van der Waals surface area contributed by atoms with E-state index in [9.17, 15) is 4.79 Å². The Morgan fingerprint density at radius 2 is 1.86 bits per heavy atom. The standard InChI is InChI=1S/C16H15Cl2NO2/c1-16(2,3)15(20)21-13-8-11(9-19-14(13)18)10-5-4-6-12(17)7-10/h4-9H,1-3H3. The second-order valence-electron chi connectivity index (χ2n) is 5.66. The molecule has 5 heteroatoms. The van der Waals surface area contributed by atoms with Crippen molar-refractivity contribution >= 4 is 29.2 Å². The van der Waals surface area contributed by atoms with Gasteiger partial charge in [0.1, 0.15) is 0 Å². The molecule has 1 aromatic carbocycles. The van der Waals surface area contributed by atoms with Gasteiger partial charge >= 0.3 is 5.97 Å². The summed E-state index contributed by atoms with van der Waals surface area (Å²) in [5.41, 5.74) is 1.04. The van der Waals surface area contributed by atoms with Crippen LogP contribution in [-0.2, 0) is 4.79 Å². The van der Waals surface area contributed by atoms with E-state index in [1.807, 2.05) is 18.2 Å². The van der Waals surface area contributed by atoms with Crippen molar-refractivity contribution in [1.82, 2.24) is 4.98 Å². The third-order valence-electron chi connectivity index (χ3n) is 2.78. The fourth-order valence-corrected chi connectivity index (χ4v) is 1.91. The molecule has 0 bridgehead atoms. The van der Waals surface area contributed by atoms with Gasteiger partial charge in [-0.15, -0.1) is 0 Å². The number of carbonyl (C=O) groups is 1. The van der Waals surface area contributed by atoms with Crippen LogP contribution in [0.1, 0.15) is 20.8 Å². The number of carbonyl (C=O) groups excluding carboxylic acids is 1. The zero-order valence-corrected chi connectivity index (χ0v) is 13.5. The number of rotatable bonds is 2. The molecule has 0 aliphatic heterocycles. The molecule has 0 aliphatic carbocycles. The van der Waals surface area contributed by atoms with E-state index in [2.05, 4.69) is 4.98 Å². The molecule has 2 rings (SSSR count). The average molecular weight is 324 g/mol. The summed E-state index contributed by atoms with van der Waals surface area (Å²) in [6, 6.07) is 9.01. The summed E-state index contributed by atoms with van der Waals surface area (Å²) in [6.07, 6.45) is 1.61. The Hall–Kier alpha value is -1.58. The number of hydrogen-bond acceptors (Lipinski definition) is 3. The highest BCUT2D eigenvalue weighted by Crippen LogP contribution is 2.31. The van der Waals surface area contributed by atoms with Gasteiger partial charge in [0, 0.05) is 16.8 Å². The Kier molecular flexibility index (Phi) is 4.55. The van der Waals surface area contributed by atoms with E-state index in [1.54, 1.807) is 39.1 Å². The highest BCUT2D eigenvalue weighted by Gasteiger charge is 2.25. The van der Waals surface area contributed by atoms with Crippen LogP contribution in [0.15, 0.2) is 36.5 Å². The van der Waals surface area contributed by atoms with Crippen LogP contribution in [0, 0.1) is 5.41 Å². The lowest BCUT2D eigenvalue weighted by Crippen LogP contribution is -2.25. The van der Waals surface area contributed by atoms with Gasteiger partial charge in [-0.1, -0.05) is 35.3 Å². The molecular weight excluding hydrogens is 309 g/mol. The maximum Gasteiger partial charge on any atom is 0.316 e. The van der Waals surface area contributed by atoms with E-state index in [4.69, 9.17) is 27.9 Å².